The van der Waals surface area contributed by atoms with Crippen molar-refractivity contribution in [1.82, 2.24) is 5.32 Å². The molecule has 27 heavy (non-hydrogen) atoms. The summed E-state index contributed by atoms with van der Waals surface area (Å²) in [6, 6.07) is 10.5. The fourth-order valence-corrected chi connectivity index (χ4v) is 2.82. The van der Waals surface area contributed by atoms with E-state index in [2.05, 4.69) is 24.5 Å². The van der Waals surface area contributed by atoms with Crippen LogP contribution in [0.3, 0.4) is 0 Å². The number of amides is 2. The average molecular weight is 393 g/mol. The van der Waals surface area contributed by atoms with E-state index in [-0.39, 0.29) is 0 Å². The average Bonchev–Trinajstić information content (AvgIpc) is 2.62. The number of rotatable bonds is 7. The van der Waals surface area contributed by atoms with Crippen molar-refractivity contribution in [3.05, 3.63) is 47.0 Å². The lowest BCUT2D eigenvalue weighted by Crippen LogP contribution is -2.39. The Kier molecular flexibility index (Phi) is 7.19. The van der Waals surface area contributed by atoms with Gasteiger partial charge in [-0.15, -0.1) is 0 Å². The summed E-state index contributed by atoms with van der Waals surface area (Å²) in [5.74, 6) is 1.91. The summed E-state index contributed by atoms with van der Waals surface area (Å²) in [4.78, 5) is 12.4. The Morgan fingerprint density at radius 3 is 2.30 bits per heavy atom. The van der Waals surface area contributed by atoms with E-state index in [0.717, 1.165) is 11.3 Å². The molecular formula is C20H25ClN2O4. The highest BCUT2D eigenvalue weighted by Crippen LogP contribution is 2.35. The van der Waals surface area contributed by atoms with Crippen molar-refractivity contribution < 1.29 is 19.0 Å². The molecule has 146 valence electrons. The summed E-state index contributed by atoms with van der Waals surface area (Å²) in [7, 11) is 3.00. The monoisotopic (exact) mass is 392 g/mol. The summed E-state index contributed by atoms with van der Waals surface area (Å²) in [5, 5.41) is 5.86. The van der Waals surface area contributed by atoms with Gasteiger partial charge < -0.3 is 24.8 Å². The summed E-state index contributed by atoms with van der Waals surface area (Å²) in [6.45, 7) is 5.94. The summed E-state index contributed by atoms with van der Waals surface area (Å²) in [5.41, 5.74) is 1.52. The fraction of sp³-hybridized carbons (Fsp3) is 0.350. The molecule has 6 nitrogen and oxygen atoms in total. The molecule has 1 unspecified atom stereocenters. The van der Waals surface area contributed by atoms with Crippen molar-refractivity contribution in [2.75, 3.05) is 19.5 Å². The Hall–Kier alpha value is -2.60. The number of carbonyl (C=O) groups is 1. The van der Waals surface area contributed by atoms with Crippen molar-refractivity contribution in [3.8, 4) is 17.2 Å². The van der Waals surface area contributed by atoms with E-state index in [1.807, 2.05) is 24.3 Å². The fourth-order valence-electron chi connectivity index (χ4n) is 2.59. The van der Waals surface area contributed by atoms with Crippen LogP contribution in [0.25, 0.3) is 0 Å². The zero-order chi connectivity index (χ0) is 20.0. The lowest BCUT2D eigenvalue weighted by atomic mass is 10.0. The molecule has 2 rings (SSSR count). The molecule has 2 aromatic carbocycles. The number of ether oxygens (including phenoxy) is 3. The normalized spacial score (nSPS) is 11.7. The van der Waals surface area contributed by atoms with Crippen molar-refractivity contribution in [1.29, 1.82) is 0 Å². The van der Waals surface area contributed by atoms with Gasteiger partial charge in [0.25, 0.3) is 0 Å². The maximum atomic E-state index is 12.4. The molecule has 2 N–H and O–H groups in total. The standard InChI is InChI=1S/C20H25ClN2O4/c1-12(2)14-8-6-7-9-17(14)27-13(3)22-20(24)23-16-11-18(25-4)15(21)10-19(16)26-5/h6-13H,1-5H3,(H2,22,23,24). The van der Waals surface area contributed by atoms with Gasteiger partial charge in [-0.25, -0.2) is 4.79 Å². The predicted octanol–water partition coefficient (Wildman–Crippen LogP) is 5.03. The first-order valence-electron chi connectivity index (χ1n) is 8.60. The number of methoxy groups -OCH3 is 2. The van der Waals surface area contributed by atoms with Crippen LogP contribution in [0.5, 0.6) is 17.2 Å². The number of para-hydroxylation sites is 1. The van der Waals surface area contributed by atoms with Gasteiger partial charge in [-0.1, -0.05) is 43.6 Å². The summed E-state index contributed by atoms with van der Waals surface area (Å²) < 4.78 is 16.3. The van der Waals surface area contributed by atoms with E-state index in [0.29, 0.717) is 28.1 Å². The first kappa shape index (κ1) is 20.7. The lowest BCUT2D eigenvalue weighted by Gasteiger charge is -2.20. The van der Waals surface area contributed by atoms with Gasteiger partial charge in [0.1, 0.15) is 17.2 Å². The quantitative estimate of drug-likeness (QED) is 0.648. The maximum Gasteiger partial charge on any atom is 0.322 e. The van der Waals surface area contributed by atoms with Gasteiger partial charge in [-0.05, 0) is 24.5 Å². The van der Waals surface area contributed by atoms with E-state index >= 15 is 0 Å². The predicted molar refractivity (Wildman–Crippen MR) is 107 cm³/mol. The molecule has 2 amide bonds. The van der Waals surface area contributed by atoms with Crippen LogP contribution in [-0.2, 0) is 0 Å². The Morgan fingerprint density at radius 2 is 1.67 bits per heavy atom. The molecule has 0 fully saturated rings. The smallest absolute Gasteiger partial charge is 0.322 e. The second-order valence-electron chi connectivity index (χ2n) is 6.24. The molecular weight excluding hydrogens is 368 g/mol. The Balaban J connectivity index is 2.06. The molecule has 0 spiro atoms. The molecule has 0 aliphatic heterocycles. The minimum absolute atomic E-state index is 0.313. The second kappa shape index (κ2) is 9.37. The first-order chi connectivity index (χ1) is 12.8. The van der Waals surface area contributed by atoms with Gasteiger partial charge in [0.15, 0.2) is 6.23 Å². The van der Waals surface area contributed by atoms with E-state index in [9.17, 15) is 4.79 Å². The van der Waals surface area contributed by atoms with E-state index in [1.54, 1.807) is 19.1 Å². The molecule has 0 aliphatic carbocycles. The number of nitrogens with one attached hydrogen (secondary N) is 2. The number of hydrogen-bond donors (Lipinski definition) is 2. The second-order valence-corrected chi connectivity index (χ2v) is 6.65. The minimum Gasteiger partial charge on any atom is -0.495 e. The number of benzene rings is 2. The van der Waals surface area contributed by atoms with Crippen LogP contribution in [0.15, 0.2) is 36.4 Å². The van der Waals surface area contributed by atoms with Crippen molar-refractivity contribution in [2.24, 2.45) is 0 Å². The van der Waals surface area contributed by atoms with Crippen molar-refractivity contribution in [2.45, 2.75) is 32.9 Å². The van der Waals surface area contributed by atoms with Crippen LogP contribution in [0.1, 0.15) is 32.3 Å². The van der Waals surface area contributed by atoms with Gasteiger partial charge >= 0.3 is 6.03 Å². The molecule has 7 heteroatoms. The molecule has 0 radical (unpaired) electrons. The molecule has 0 heterocycles. The summed E-state index contributed by atoms with van der Waals surface area (Å²) in [6.07, 6.45) is -0.537. The first-order valence-corrected chi connectivity index (χ1v) is 8.98. The van der Waals surface area contributed by atoms with Crippen LogP contribution >= 0.6 is 11.6 Å². The van der Waals surface area contributed by atoms with Crippen LogP contribution in [0.4, 0.5) is 10.5 Å². The maximum absolute atomic E-state index is 12.4. The van der Waals surface area contributed by atoms with Gasteiger partial charge in [0, 0.05) is 12.1 Å². The zero-order valence-corrected chi connectivity index (χ0v) is 16.9. The van der Waals surface area contributed by atoms with Crippen LogP contribution < -0.4 is 24.8 Å². The number of anilines is 1. The number of carbonyl (C=O) groups excluding carboxylic acids is 1. The van der Waals surface area contributed by atoms with E-state index < -0.39 is 12.3 Å². The Bertz CT molecular complexity index is 796. The highest BCUT2D eigenvalue weighted by molar-refractivity contribution is 6.32. The van der Waals surface area contributed by atoms with E-state index in [1.165, 1.54) is 14.2 Å². The molecule has 0 saturated carbocycles. The Labute approximate surface area is 164 Å². The third kappa shape index (κ3) is 5.44. The number of hydrogen-bond acceptors (Lipinski definition) is 4. The molecule has 0 saturated heterocycles. The van der Waals surface area contributed by atoms with E-state index in [4.69, 9.17) is 25.8 Å². The minimum atomic E-state index is -0.537. The van der Waals surface area contributed by atoms with Crippen LogP contribution in [0.2, 0.25) is 5.02 Å². The van der Waals surface area contributed by atoms with Crippen LogP contribution in [0, 0.1) is 0 Å². The third-order valence-electron chi connectivity index (χ3n) is 3.90. The zero-order valence-electron chi connectivity index (χ0n) is 16.1. The lowest BCUT2D eigenvalue weighted by molar-refractivity contribution is 0.181. The highest BCUT2D eigenvalue weighted by atomic mass is 35.5. The summed E-state index contributed by atoms with van der Waals surface area (Å²) >= 11 is 6.08. The molecule has 2 aromatic rings. The molecule has 1 atom stereocenters. The van der Waals surface area contributed by atoms with Gasteiger partial charge in [-0.2, -0.15) is 0 Å². The Morgan fingerprint density at radius 1 is 1.00 bits per heavy atom. The van der Waals surface area contributed by atoms with Crippen molar-refractivity contribution in [3.63, 3.8) is 0 Å². The largest absolute Gasteiger partial charge is 0.495 e. The van der Waals surface area contributed by atoms with Gasteiger partial charge in [0.2, 0.25) is 0 Å². The highest BCUT2D eigenvalue weighted by Gasteiger charge is 2.15. The number of halogens is 1. The van der Waals surface area contributed by atoms with Crippen LogP contribution in [-0.4, -0.2) is 26.5 Å². The van der Waals surface area contributed by atoms with Crippen molar-refractivity contribution >= 4 is 23.3 Å². The third-order valence-corrected chi connectivity index (χ3v) is 4.20. The number of urea groups is 1. The molecule has 0 bridgehead atoms. The molecule has 0 aliphatic rings. The SMILES string of the molecule is COc1cc(NC(=O)NC(C)Oc2ccccc2C(C)C)c(OC)cc1Cl. The van der Waals surface area contributed by atoms with Gasteiger partial charge in [0.05, 0.1) is 24.9 Å². The van der Waals surface area contributed by atoms with Gasteiger partial charge in [-0.3, -0.25) is 0 Å². The molecule has 0 aromatic heterocycles. The topological polar surface area (TPSA) is 68.8 Å².